The third-order valence-corrected chi connectivity index (χ3v) is 6.58. The Labute approximate surface area is 196 Å². The van der Waals surface area contributed by atoms with Gasteiger partial charge in [-0.2, -0.15) is 0 Å². The Morgan fingerprint density at radius 2 is 1.50 bits per heavy atom. The summed E-state index contributed by atoms with van der Waals surface area (Å²) >= 11 is 0. The summed E-state index contributed by atoms with van der Waals surface area (Å²) in [5.41, 5.74) is -1.18. The van der Waals surface area contributed by atoms with Crippen LogP contribution in [0, 0.1) is 16.7 Å². The first-order chi connectivity index (χ1) is 14.6. The lowest BCUT2D eigenvalue weighted by atomic mass is 9.89. The predicted octanol–water partition coefficient (Wildman–Crippen LogP) is 6.24. The molecule has 0 spiro atoms. The molecule has 6 nitrogen and oxygen atoms in total. The number of hydrogen-bond donors (Lipinski definition) is 0. The van der Waals surface area contributed by atoms with Gasteiger partial charge >= 0.3 is 17.9 Å². The van der Waals surface area contributed by atoms with Gasteiger partial charge in [-0.05, 0) is 72.6 Å². The lowest BCUT2D eigenvalue weighted by Crippen LogP contribution is -2.37. The van der Waals surface area contributed by atoms with Crippen molar-refractivity contribution >= 4 is 17.9 Å². The topological polar surface area (TPSA) is 78.9 Å². The van der Waals surface area contributed by atoms with Crippen LogP contribution in [-0.4, -0.2) is 36.2 Å². The van der Waals surface area contributed by atoms with Crippen molar-refractivity contribution in [1.29, 1.82) is 0 Å². The molecule has 1 heterocycles. The molecule has 0 aromatic heterocycles. The zero-order valence-electron chi connectivity index (χ0n) is 22.3. The van der Waals surface area contributed by atoms with Gasteiger partial charge in [-0.25, -0.2) is 4.79 Å². The molecule has 0 aromatic carbocycles. The van der Waals surface area contributed by atoms with E-state index in [0.717, 1.165) is 25.7 Å². The van der Waals surface area contributed by atoms with Gasteiger partial charge in [0.2, 0.25) is 6.10 Å². The summed E-state index contributed by atoms with van der Waals surface area (Å²) in [4.78, 5) is 34.7. The fraction of sp³-hybridized carbons (Fsp3) is 0.885. The normalized spacial score (nSPS) is 18.3. The lowest BCUT2D eigenvalue weighted by molar-refractivity contribution is -0.170. The standard InChI is InChI=1S/C16H32O2.C10H16O4/c1-8-15(5,6)14(17)18-16(7,9-2)12-10-11-13(3)4;1-4-10(2,3)9(12)14-7-5-6-13-8(7)11/h13H,8-12H2,1-7H3;7H,4-6H2,1-3H3. The third kappa shape index (κ3) is 10.4. The molecule has 188 valence electrons. The van der Waals surface area contributed by atoms with Crippen molar-refractivity contribution in [2.45, 2.75) is 126 Å². The van der Waals surface area contributed by atoms with E-state index in [4.69, 9.17) is 14.2 Å². The van der Waals surface area contributed by atoms with E-state index in [1.807, 2.05) is 27.7 Å². The number of carbonyl (C=O) groups is 3. The van der Waals surface area contributed by atoms with E-state index in [2.05, 4.69) is 27.7 Å². The van der Waals surface area contributed by atoms with E-state index in [9.17, 15) is 14.4 Å². The Hall–Kier alpha value is -1.59. The van der Waals surface area contributed by atoms with Crippen LogP contribution in [0.3, 0.4) is 0 Å². The summed E-state index contributed by atoms with van der Waals surface area (Å²) in [6.45, 7) is 20.4. The maximum atomic E-state index is 12.1. The van der Waals surface area contributed by atoms with Crippen LogP contribution < -0.4 is 0 Å². The summed E-state index contributed by atoms with van der Waals surface area (Å²) in [6, 6.07) is 0. The van der Waals surface area contributed by atoms with E-state index in [1.165, 1.54) is 6.42 Å². The number of rotatable bonds is 11. The molecule has 0 bridgehead atoms. The Balaban J connectivity index is 0.000000618. The molecule has 2 atom stereocenters. The fourth-order valence-electron chi connectivity index (χ4n) is 2.71. The molecule has 0 aliphatic carbocycles. The van der Waals surface area contributed by atoms with E-state index in [1.54, 1.807) is 13.8 Å². The van der Waals surface area contributed by atoms with Gasteiger partial charge in [0.15, 0.2) is 0 Å². The summed E-state index contributed by atoms with van der Waals surface area (Å²) in [5.74, 6) is -0.0955. The van der Waals surface area contributed by atoms with E-state index < -0.39 is 17.5 Å². The van der Waals surface area contributed by atoms with Crippen molar-refractivity contribution in [2.24, 2.45) is 16.7 Å². The lowest BCUT2D eigenvalue weighted by Gasteiger charge is -2.33. The maximum absolute atomic E-state index is 12.1. The minimum absolute atomic E-state index is 0.0566. The molecule has 1 aliphatic rings. The van der Waals surface area contributed by atoms with Crippen LogP contribution in [0.1, 0.15) is 114 Å². The van der Waals surface area contributed by atoms with Gasteiger partial charge in [-0.15, -0.1) is 0 Å². The molecule has 0 N–H and O–H groups in total. The Bertz CT molecular complexity index is 607. The first-order valence-electron chi connectivity index (χ1n) is 12.2. The molecule has 0 amide bonds. The largest absolute Gasteiger partial charge is 0.463 e. The third-order valence-electron chi connectivity index (χ3n) is 6.58. The highest BCUT2D eigenvalue weighted by Crippen LogP contribution is 2.30. The number of carbonyl (C=O) groups excluding carboxylic acids is 3. The molecule has 1 fully saturated rings. The van der Waals surface area contributed by atoms with Crippen LogP contribution in [0.25, 0.3) is 0 Å². The highest BCUT2D eigenvalue weighted by molar-refractivity contribution is 5.82. The van der Waals surface area contributed by atoms with Crippen molar-refractivity contribution in [3.05, 3.63) is 0 Å². The molecule has 2 unspecified atom stereocenters. The zero-order valence-corrected chi connectivity index (χ0v) is 22.3. The molecular formula is C26H48O6. The van der Waals surface area contributed by atoms with Crippen LogP contribution >= 0.6 is 0 Å². The Morgan fingerprint density at radius 3 is 1.91 bits per heavy atom. The molecular weight excluding hydrogens is 408 g/mol. The average Bonchev–Trinajstić information content (AvgIpc) is 3.12. The van der Waals surface area contributed by atoms with Gasteiger partial charge in [0.25, 0.3) is 0 Å². The van der Waals surface area contributed by atoms with E-state index >= 15 is 0 Å². The minimum atomic E-state index is -0.687. The molecule has 6 heteroatoms. The molecule has 1 rings (SSSR count). The molecule has 32 heavy (non-hydrogen) atoms. The summed E-state index contributed by atoms with van der Waals surface area (Å²) < 4.78 is 15.5. The monoisotopic (exact) mass is 456 g/mol. The zero-order chi connectivity index (χ0) is 25.2. The first kappa shape index (κ1) is 30.4. The minimum Gasteiger partial charge on any atom is -0.463 e. The van der Waals surface area contributed by atoms with Crippen molar-refractivity contribution < 1.29 is 28.6 Å². The highest BCUT2D eigenvalue weighted by Gasteiger charge is 2.36. The fourth-order valence-corrected chi connectivity index (χ4v) is 2.71. The van der Waals surface area contributed by atoms with Crippen molar-refractivity contribution in [1.82, 2.24) is 0 Å². The first-order valence-corrected chi connectivity index (χ1v) is 12.2. The van der Waals surface area contributed by atoms with Crippen molar-refractivity contribution in [3.8, 4) is 0 Å². The summed E-state index contributed by atoms with van der Waals surface area (Å²) in [6.07, 6.45) is 5.47. The summed E-state index contributed by atoms with van der Waals surface area (Å²) in [5, 5.41) is 0. The second-order valence-corrected chi connectivity index (χ2v) is 10.8. The Morgan fingerprint density at radius 1 is 0.969 bits per heavy atom. The van der Waals surface area contributed by atoms with Crippen LogP contribution in [0.5, 0.6) is 0 Å². The second-order valence-electron chi connectivity index (χ2n) is 10.8. The van der Waals surface area contributed by atoms with Gasteiger partial charge in [0, 0.05) is 6.42 Å². The van der Waals surface area contributed by atoms with Crippen LogP contribution in [-0.2, 0) is 28.6 Å². The van der Waals surface area contributed by atoms with Gasteiger partial charge in [0.1, 0.15) is 5.60 Å². The summed E-state index contributed by atoms with van der Waals surface area (Å²) in [7, 11) is 0. The van der Waals surface area contributed by atoms with Crippen LogP contribution in [0.15, 0.2) is 0 Å². The number of hydrogen-bond acceptors (Lipinski definition) is 6. The van der Waals surface area contributed by atoms with Crippen molar-refractivity contribution in [3.63, 3.8) is 0 Å². The SMILES string of the molecule is CCC(C)(C)C(=O)OC1CCOC1=O.CCC(C)(CCCC(C)C)OC(=O)C(C)(C)CC. The van der Waals surface area contributed by atoms with Crippen LogP contribution in [0.4, 0.5) is 0 Å². The van der Waals surface area contributed by atoms with Gasteiger partial charge < -0.3 is 14.2 Å². The molecule has 0 aromatic rings. The predicted molar refractivity (Wildman–Crippen MR) is 127 cm³/mol. The highest BCUT2D eigenvalue weighted by atomic mass is 16.6. The Kier molecular flexibility index (Phi) is 12.5. The van der Waals surface area contributed by atoms with Gasteiger partial charge in [0.05, 0.1) is 17.4 Å². The van der Waals surface area contributed by atoms with E-state index in [0.29, 0.717) is 25.4 Å². The van der Waals surface area contributed by atoms with Crippen molar-refractivity contribution in [2.75, 3.05) is 6.61 Å². The van der Waals surface area contributed by atoms with Gasteiger partial charge in [-0.1, -0.05) is 41.0 Å². The van der Waals surface area contributed by atoms with Gasteiger partial charge in [-0.3, -0.25) is 9.59 Å². The number of cyclic esters (lactones) is 1. The average molecular weight is 457 g/mol. The molecule has 0 saturated carbocycles. The van der Waals surface area contributed by atoms with Crippen LogP contribution in [0.2, 0.25) is 0 Å². The molecule has 1 saturated heterocycles. The number of ether oxygens (including phenoxy) is 3. The quantitative estimate of drug-likeness (QED) is 0.270. The van der Waals surface area contributed by atoms with E-state index in [-0.39, 0.29) is 23.0 Å². The molecule has 1 aliphatic heterocycles. The maximum Gasteiger partial charge on any atom is 0.347 e. The second kappa shape index (κ2) is 13.2. The smallest absolute Gasteiger partial charge is 0.347 e. The number of esters is 3. The molecule has 0 radical (unpaired) electrons.